The fraction of sp³-hybridized carbons (Fsp3) is 0.333. The van der Waals surface area contributed by atoms with Gasteiger partial charge >= 0.3 is 5.97 Å². The van der Waals surface area contributed by atoms with Gasteiger partial charge in [-0.05, 0) is 44.0 Å². The summed E-state index contributed by atoms with van der Waals surface area (Å²) in [6.07, 6.45) is 2.26. The molecule has 0 saturated carbocycles. The van der Waals surface area contributed by atoms with E-state index in [1.54, 1.807) is 41.5 Å². The zero-order valence-corrected chi connectivity index (χ0v) is 13.4. The van der Waals surface area contributed by atoms with Crippen LogP contribution in [-0.4, -0.2) is 27.9 Å². The van der Waals surface area contributed by atoms with Crippen LogP contribution in [0.25, 0.3) is 0 Å². The van der Waals surface area contributed by atoms with Crippen molar-refractivity contribution in [3.05, 3.63) is 59.5 Å². The summed E-state index contributed by atoms with van der Waals surface area (Å²) in [6.45, 7) is 4.32. The third kappa shape index (κ3) is 4.45. The highest BCUT2D eigenvalue weighted by atomic mass is 16.4. The molecular formula is C18H21NO4. The maximum atomic E-state index is 12.5. The van der Waals surface area contributed by atoms with Crippen molar-refractivity contribution in [3.8, 4) is 0 Å². The van der Waals surface area contributed by atoms with E-state index in [1.165, 1.54) is 0 Å². The van der Waals surface area contributed by atoms with Crippen molar-refractivity contribution < 1.29 is 19.1 Å². The molecule has 0 aliphatic carbocycles. The van der Waals surface area contributed by atoms with Crippen LogP contribution in [0, 0.1) is 0 Å². The number of amides is 1. The van der Waals surface area contributed by atoms with Crippen LogP contribution in [0.4, 0.5) is 0 Å². The number of carboxylic acids is 1. The molecule has 0 atom stereocenters. The third-order valence-electron chi connectivity index (χ3n) is 3.71. The molecule has 2 rings (SSSR count). The van der Waals surface area contributed by atoms with Crippen molar-refractivity contribution >= 4 is 11.9 Å². The van der Waals surface area contributed by atoms with E-state index >= 15 is 0 Å². The van der Waals surface area contributed by atoms with Gasteiger partial charge in [-0.2, -0.15) is 0 Å². The lowest BCUT2D eigenvalue weighted by Crippen LogP contribution is -2.36. The van der Waals surface area contributed by atoms with Crippen LogP contribution in [0.3, 0.4) is 0 Å². The highest BCUT2D eigenvalue weighted by molar-refractivity contribution is 5.89. The Morgan fingerprint density at radius 1 is 1.17 bits per heavy atom. The van der Waals surface area contributed by atoms with Gasteiger partial charge in [-0.15, -0.1) is 0 Å². The predicted octanol–water partition coefficient (Wildman–Crippen LogP) is 3.35. The van der Waals surface area contributed by atoms with Gasteiger partial charge in [0, 0.05) is 12.5 Å². The summed E-state index contributed by atoms with van der Waals surface area (Å²) < 4.78 is 5.31. The second-order valence-corrected chi connectivity index (χ2v) is 5.66. The Hall–Kier alpha value is -2.56. The Morgan fingerprint density at radius 2 is 1.91 bits per heavy atom. The molecule has 0 radical (unpaired) electrons. The lowest BCUT2D eigenvalue weighted by molar-refractivity contribution is -0.133. The summed E-state index contributed by atoms with van der Waals surface area (Å²) in [6, 6.07) is 10.5. The molecule has 1 amide bonds. The largest absolute Gasteiger partial charge is 0.478 e. The average molecular weight is 315 g/mol. The highest BCUT2D eigenvalue weighted by Gasteiger charge is 2.19. The second kappa shape index (κ2) is 7.63. The third-order valence-corrected chi connectivity index (χ3v) is 3.71. The number of carboxylic acid groups (broad SMARTS) is 1. The molecule has 1 aromatic heterocycles. The molecule has 2 aromatic rings. The van der Waals surface area contributed by atoms with Crippen molar-refractivity contribution in [1.82, 2.24) is 4.90 Å². The quantitative estimate of drug-likeness (QED) is 0.850. The molecular weight excluding hydrogens is 294 g/mol. The van der Waals surface area contributed by atoms with E-state index in [2.05, 4.69) is 0 Å². The fourth-order valence-electron chi connectivity index (χ4n) is 2.46. The monoisotopic (exact) mass is 315 g/mol. The second-order valence-electron chi connectivity index (χ2n) is 5.66. The molecule has 0 aliphatic heterocycles. The zero-order chi connectivity index (χ0) is 16.8. The number of carbonyl (C=O) groups excluding carboxylic acids is 1. The maximum Gasteiger partial charge on any atom is 0.335 e. The van der Waals surface area contributed by atoms with Crippen molar-refractivity contribution in [1.29, 1.82) is 0 Å². The van der Waals surface area contributed by atoms with Crippen LogP contribution >= 0.6 is 0 Å². The van der Waals surface area contributed by atoms with E-state index < -0.39 is 5.97 Å². The molecule has 0 unspecified atom stereocenters. The first kappa shape index (κ1) is 16.8. The summed E-state index contributed by atoms with van der Waals surface area (Å²) in [5.74, 6) is -0.251. The van der Waals surface area contributed by atoms with E-state index in [0.29, 0.717) is 18.5 Å². The normalized spacial score (nSPS) is 10.7. The number of nitrogens with zero attached hydrogens (tertiary/aromatic N) is 1. The molecule has 1 heterocycles. The number of carbonyl (C=O) groups is 2. The first-order chi connectivity index (χ1) is 11.0. The van der Waals surface area contributed by atoms with Crippen LogP contribution in [0.15, 0.2) is 47.1 Å². The van der Waals surface area contributed by atoms with Crippen molar-refractivity contribution in [3.63, 3.8) is 0 Å². The minimum atomic E-state index is -0.968. The topological polar surface area (TPSA) is 70.8 Å². The van der Waals surface area contributed by atoms with E-state index in [9.17, 15) is 14.7 Å². The van der Waals surface area contributed by atoms with Crippen LogP contribution in [0.5, 0.6) is 0 Å². The first-order valence-corrected chi connectivity index (χ1v) is 7.62. The standard InChI is InChI=1S/C18H21NO4/c1-13(2)19(12-15-7-5-11-23-15)17(20)10-9-14-6-3-4-8-16(14)18(21)22/h3-8,11,13H,9-10,12H2,1-2H3,(H,21,22). The average Bonchev–Trinajstić information content (AvgIpc) is 3.03. The van der Waals surface area contributed by atoms with Gasteiger partial charge in [0.1, 0.15) is 5.76 Å². The van der Waals surface area contributed by atoms with Gasteiger partial charge in [0.2, 0.25) is 5.91 Å². The Bertz CT molecular complexity index is 661. The maximum absolute atomic E-state index is 12.5. The van der Waals surface area contributed by atoms with Crippen LogP contribution in [0.1, 0.15) is 41.9 Å². The summed E-state index contributed by atoms with van der Waals surface area (Å²) >= 11 is 0. The SMILES string of the molecule is CC(C)N(Cc1ccco1)C(=O)CCc1ccccc1C(=O)O. The van der Waals surface area contributed by atoms with Gasteiger partial charge in [-0.25, -0.2) is 4.79 Å². The molecule has 0 saturated heterocycles. The lowest BCUT2D eigenvalue weighted by Gasteiger charge is -2.26. The smallest absolute Gasteiger partial charge is 0.335 e. The van der Waals surface area contributed by atoms with Crippen LogP contribution in [0.2, 0.25) is 0 Å². The number of furan rings is 1. The Morgan fingerprint density at radius 3 is 2.52 bits per heavy atom. The molecule has 5 heteroatoms. The number of benzene rings is 1. The van der Waals surface area contributed by atoms with Gasteiger partial charge in [-0.3, -0.25) is 4.79 Å². The van der Waals surface area contributed by atoms with E-state index in [0.717, 1.165) is 5.76 Å². The van der Waals surface area contributed by atoms with Crippen molar-refractivity contribution in [2.75, 3.05) is 0 Å². The summed E-state index contributed by atoms with van der Waals surface area (Å²) in [7, 11) is 0. The Balaban J connectivity index is 2.03. The lowest BCUT2D eigenvalue weighted by atomic mass is 10.0. The van der Waals surface area contributed by atoms with Gasteiger partial charge in [-0.1, -0.05) is 18.2 Å². The molecule has 5 nitrogen and oxygen atoms in total. The molecule has 1 N–H and O–H groups in total. The molecule has 0 spiro atoms. The molecule has 122 valence electrons. The van der Waals surface area contributed by atoms with Crippen LogP contribution in [-0.2, 0) is 17.8 Å². The molecule has 0 aliphatic rings. The number of aromatic carboxylic acids is 1. The Kier molecular flexibility index (Phi) is 5.57. The van der Waals surface area contributed by atoms with Gasteiger partial charge in [0.05, 0.1) is 18.4 Å². The van der Waals surface area contributed by atoms with E-state index in [-0.39, 0.29) is 23.9 Å². The van der Waals surface area contributed by atoms with Gasteiger partial charge in [0.15, 0.2) is 0 Å². The minimum absolute atomic E-state index is 0.0170. The molecule has 0 bridgehead atoms. The molecule has 23 heavy (non-hydrogen) atoms. The summed E-state index contributed by atoms with van der Waals surface area (Å²) in [4.78, 5) is 25.5. The summed E-state index contributed by atoms with van der Waals surface area (Å²) in [5, 5.41) is 9.19. The van der Waals surface area contributed by atoms with E-state index in [1.807, 2.05) is 19.9 Å². The van der Waals surface area contributed by atoms with Crippen molar-refractivity contribution in [2.45, 2.75) is 39.3 Å². The zero-order valence-electron chi connectivity index (χ0n) is 13.4. The predicted molar refractivity (Wildman–Crippen MR) is 86.1 cm³/mol. The molecule has 0 fully saturated rings. The van der Waals surface area contributed by atoms with Crippen molar-refractivity contribution in [2.24, 2.45) is 0 Å². The first-order valence-electron chi connectivity index (χ1n) is 7.62. The Labute approximate surface area is 135 Å². The number of hydrogen-bond acceptors (Lipinski definition) is 3. The highest BCUT2D eigenvalue weighted by Crippen LogP contribution is 2.15. The van der Waals surface area contributed by atoms with E-state index in [4.69, 9.17) is 4.42 Å². The number of rotatable bonds is 7. The number of aryl methyl sites for hydroxylation is 1. The minimum Gasteiger partial charge on any atom is -0.478 e. The summed E-state index contributed by atoms with van der Waals surface area (Å²) in [5.41, 5.74) is 0.928. The fourth-order valence-corrected chi connectivity index (χ4v) is 2.46. The van der Waals surface area contributed by atoms with Crippen LogP contribution < -0.4 is 0 Å². The number of hydrogen-bond donors (Lipinski definition) is 1. The molecule has 1 aromatic carbocycles. The van der Waals surface area contributed by atoms with Gasteiger partial charge < -0.3 is 14.4 Å². The van der Waals surface area contributed by atoms with Gasteiger partial charge in [0.25, 0.3) is 0 Å².